The summed E-state index contributed by atoms with van der Waals surface area (Å²) in [5, 5.41) is 16.6. The van der Waals surface area contributed by atoms with Crippen molar-refractivity contribution in [3.05, 3.63) is 11.9 Å². The smallest absolute Gasteiger partial charge is 0.308 e. The van der Waals surface area contributed by atoms with Gasteiger partial charge in [0.25, 0.3) is 5.91 Å². The van der Waals surface area contributed by atoms with Crippen LogP contribution in [0.3, 0.4) is 0 Å². The summed E-state index contributed by atoms with van der Waals surface area (Å²) < 4.78 is 1.31. The van der Waals surface area contributed by atoms with Crippen molar-refractivity contribution in [2.45, 2.75) is 32.4 Å². The molecule has 1 saturated carbocycles. The Morgan fingerprint density at radius 2 is 2.04 bits per heavy atom. The molecule has 2 rings (SSSR count). The van der Waals surface area contributed by atoms with Gasteiger partial charge < -0.3 is 14.9 Å². The van der Waals surface area contributed by atoms with E-state index in [1.54, 1.807) is 25.9 Å². The quantitative estimate of drug-likeness (QED) is 0.737. The lowest BCUT2D eigenvalue weighted by atomic mass is 10.1. The summed E-state index contributed by atoms with van der Waals surface area (Å²) in [6, 6.07) is 0.0675. The lowest BCUT2D eigenvalue weighted by Crippen LogP contribution is -2.38. The van der Waals surface area contributed by atoms with Crippen molar-refractivity contribution in [3.63, 3.8) is 0 Å². The molecule has 9 heteroatoms. The molecule has 0 radical (unpaired) electrons. The molecule has 1 fully saturated rings. The van der Waals surface area contributed by atoms with Gasteiger partial charge in [0.1, 0.15) is 6.54 Å². The molecule has 23 heavy (non-hydrogen) atoms. The lowest BCUT2D eigenvalue weighted by molar-refractivity contribution is -0.141. The highest BCUT2D eigenvalue weighted by atomic mass is 16.4. The van der Waals surface area contributed by atoms with E-state index in [4.69, 9.17) is 5.11 Å². The first kappa shape index (κ1) is 16.9. The number of amides is 2. The molecule has 0 bridgehead atoms. The lowest BCUT2D eigenvalue weighted by Gasteiger charge is -2.23. The van der Waals surface area contributed by atoms with E-state index in [-0.39, 0.29) is 36.6 Å². The molecule has 1 unspecified atom stereocenters. The Balaban J connectivity index is 2.07. The maximum Gasteiger partial charge on any atom is 0.308 e. The predicted octanol–water partition coefficient (Wildman–Crippen LogP) is -0.308. The Hall–Kier alpha value is -2.45. The summed E-state index contributed by atoms with van der Waals surface area (Å²) in [5.41, 5.74) is 0.126. The van der Waals surface area contributed by atoms with E-state index >= 15 is 0 Å². The van der Waals surface area contributed by atoms with Gasteiger partial charge in [-0.15, -0.1) is 5.10 Å². The summed E-state index contributed by atoms with van der Waals surface area (Å²) in [6.45, 7) is 1.71. The van der Waals surface area contributed by atoms with Crippen LogP contribution < -0.4 is 0 Å². The van der Waals surface area contributed by atoms with Crippen molar-refractivity contribution in [3.8, 4) is 0 Å². The van der Waals surface area contributed by atoms with E-state index in [1.165, 1.54) is 15.8 Å². The van der Waals surface area contributed by atoms with Gasteiger partial charge in [-0.1, -0.05) is 12.1 Å². The monoisotopic (exact) mass is 323 g/mol. The highest BCUT2D eigenvalue weighted by Crippen LogP contribution is 2.28. The molecule has 1 atom stereocenters. The second kappa shape index (κ2) is 6.76. The minimum atomic E-state index is -0.941. The third-order valence-corrected chi connectivity index (χ3v) is 3.69. The Morgan fingerprint density at radius 3 is 2.57 bits per heavy atom. The van der Waals surface area contributed by atoms with Crippen molar-refractivity contribution < 1.29 is 19.5 Å². The number of carbonyl (C=O) groups is 3. The van der Waals surface area contributed by atoms with Gasteiger partial charge in [0.2, 0.25) is 5.91 Å². The molecule has 1 N–H and O–H groups in total. The summed E-state index contributed by atoms with van der Waals surface area (Å²) in [7, 11) is 3.26. The number of hydrogen-bond donors (Lipinski definition) is 1. The molecular formula is C14H21N5O4. The number of nitrogens with zero attached hydrogens (tertiary/aromatic N) is 5. The van der Waals surface area contributed by atoms with Gasteiger partial charge in [-0.05, 0) is 12.8 Å². The maximum atomic E-state index is 12.5. The van der Waals surface area contributed by atoms with Crippen LogP contribution in [0, 0.1) is 5.92 Å². The molecule has 1 aliphatic carbocycles. The number of hydrogen-bond acceptors (Lipinski definition) is 5. The van der Waals surface area contributed by atoms with Crippen molar-refractivity contribution in [1.82, 2.24) is 24.8 Å². The Kier molecular flexibility index (Phi) is 4.97. The maximum absolute atomic E-state index is 12.5. The molecule has 0 aromatic carbocycles. The molecule has 0 aliphatic heterocycles. The van der Waals surface area contributed by atoms with Crippen molar-refractivity contribution >= 4 is 17.8 Å². The SMILES string of the molecule is CC(CN(C(=O)c1cn(CC(=O)N(C)C)nn1)C1CC1)C(=O)O. The summed E-state index contributed by atoms with van der Waals surface area (Å²) in [5.74, 6) is -2.09. The second-order valence-corrected chi connectivity index (χ2v) is 6.02. The minimum absolute atomic E-state index is 0.00222. The first-order chi connectivity index (χ1) is 10.8. The summed E-state index contributed by atoms with van der Waals surface area (Å²) >= 11 is 0. The zero-order chi connectivity index (χ0) is 17.1. The van der Waals surface area contributed by atoms with Gasteiger partial charge in [-0.2, -0.15) is 0 Å². The molecule has 1 aromatic rings. The number of likely N-dealkylation sites (N-methyl/N-ethyl adjacent to an activating group) is 1. The number of carbonyl (C=O) groups excluding carboxylic acids is 2. The number of aromatic nitrogens is 3. The predicted molar refractivity (Wildman–Crippen MR) is 79.6 cm³/mol. The van der Waals surface area contributed by atoms with Crippen LogP contribution in [0.25, 0.3) is 0 Å². The fraction of sp³-hybridized carbons (Fsp3) is 0.643. The van der Waals surface area contributed by atoms with E-state index in [0.29, 0.717) is 0 Å². The standard InChI is InChI=1S/C14H21N5O4/c1-9(14(22)23)6-19(10-4-5-10)13(21)11-7-18(16-15-11)8-12(20)17(2)3/h7,9-10H,4-6,8H2,1-3H3,(H,22,23). The molecule has 0 spiro atoms. The summed E-state index contributed by atoms with van der Waals surface area (Å²) in [4.78, 5) is 38.2. The van der Waals surface area contributed by atoms with Gasteiger partial charge in [0, 0.05) is 26.7 Å². The fourth-order valence-electron chi connectivity index (χ4n) is 2.06. The third-order valence-electron chi connectivity index (χ3n) is 3.69. The first-order valence-electron chi connectivity index (χ1n) is 7.43. The van der Waals surface area contributed by atoms with E-state index in [2.05, 4.69) is 10.3 Å². The molecule has 1 aromatic heterocycles. The van der Waals surface area contributed by atoms with Crippen molar-refractivity contribution in [1.29, 1.82) is 0 Å². The van der Waals surface area contributed by atoms with Crippen LogP contribution in [-0.2, 0) is 16.1 Å². The fourth-order valence-corrected chi connectivity index (χ4v) is 2.06. The average molecular weight is 323 g/mol. The van der Waals surface area contributed by atoms with E-state index in [9.17, 15) is 14.4 Å². The van der Waals surface area contributed by atoms with Crippen LogP contribution in [0.1, 0.15) is 30.3 Å². The molecule has 9 nitrogen and oxygen atoms in total. The van der Waals surface area contributed by atoms with Crippen LogP contribution in [0.15, 0.2) is 6.20 Å². The Bertz CT molecular complexity index is 608. The number of rotatable bonds is 7. The van der Waals surface area contributed by atoms with E-state index in [0.717, 1.165) is 12.8 Å². The molecule has 1 heterocycles. The van der Waals surface area contributed by atoms with E-state index < -0.39 is 11.9 Å². The van der Waals surface area contributed by atoms with Gasteiger partial charge >= 0.3 is 5.97 Å². The molecule has 1 aliphatic rings. The largest absolute Gasteiger partial charge is 0.481 e. The van der Waals surface area contributed by atoms with Gasteiger partial charge in [-0.25, -0.2) is 4.68 Å². The van der Waals surface area contributed by atoms with Crippen LogP contribution in [0.5, 0.6) is 0 Å². The van der Waals surface area contributed by atoms with Crippen LogP contribution in [0.4, 0.5) is 0 Å². The summed E-state index contributed by atoms with van der Waals surface area (Å²) in [6.07, 6.45) is 3.15. The van der Waals surface area contributed by atoms with Gasteiger partial charge in [-0.3, -0.25) is 14.4 Å². The van der Waals surface area contributed by atoms with Gasteiger partial charge in [0.05, 0.1) is 12.1 Å². The van der Waals surface area contributed by atoms with Crippen molar-refractivity contribution in [2.24, 2.45) is 5.92 Å². The molecular weight excluding hydrogens is 302 g/mol. The molecule has 2 amide bonds. The van der Waals surface area contributed by atoms with Crippen LogP contribution >= 0.6 is 0 Å². The second-order valence-electron chi connectivity index (χ2n) is 6.02. The highest BCUT2D eigenvalue weighted by Gasteiger charge is 2.36. The normalized spacial score (nSPS) is 15.1. The minimum Gasteiger partial charge on any atom is -0.481 e. The van der Waals surface area contributed by atoms with Crippen LogP contribution in [0.2, 0.25) is 0 Å². The van der Waals surface area contributed by atoms with Crippen LogP contribution in [-0.4, -0.2) is 74.4 Å². The Morgan fingerprint density at radius 1 is 1.39 bits per heavy atom. The number of carboxylic acids is 1. The zero-order valence-corrected chi connectivity index (χ0v) is 13.5. The Labute approximate surface area is 133 Å². The topological polar surface area (TPSA) is 109 Å². The first-order valence-corrected chi connectivity index (χ1v) is 7.43. The van der Waals surface area contributed by atoms with Crippen molar-refractivity contribution in [2.75, 3.05) is 20.6 Å². The third kappa shape index (κ3) is 4.27. The zero-order valence-electron chi connectivity index (χ0n) is 13.5. The average Bonchev–Trinajstić information content (AvgIpc) is 3.22. The molecule has 0 saturated heterocycles. The molecule has 126 valence electrons. The van der Waals surface area contributed by atoms with Gasteiger partial charge in [0.15, 0.2) is 5.69 Å². The highest BCUT2D eigenvalue weighted by molar-refractivity contribution is 5.92. The number of carboxylic acid groups (broad SMARTS) is 1. The van der Waals surface area contributed by atoms with E-state index in [1.807, 2.05) is 0 Å². The number of aliphatic carboxylic acids is 1.